The Morgan fingerprint density at radius 3 is 2.65 bits per heavy atom. The SMILES string of the molecule is COc1ccc(SC2(C(=O)O)CCC2)cc1Br. The first-order valence-electron chi connectivity index (χ1n) is 5.33. The molecule has 17 heavy (non-hydrogen) atoms. The highest BCUT2D eigenvalue weighted by Gasteiger charge is 2.45. The fourth-order valence-corrected chi connectivity index (χ4v) is 3.83. The Labute approximate surface area is 113 Å². The molecule has 3 nitrogen and oxygen atoms in total. The molecule has 1 saturated carbocycles. The van der Waals surface area contributed by atoms with Crippen molar-refractivity contribution in [2.75, 3.05) is 7.11 Å². The number of aliphatic carboxylic acids is 1. The topological polar surface area (TPSA) is 46.5 Å². The van der Waals surface area contributed by atoms with Crippen molar-refractivity contribution in [1.82, 2.24) is 0 Å². The van der Waals surface area contributed by atoms with Crippen LogP contribution in [0.15, 0.2) is 27.6 Å². The maximum absolute atomic E-state index is 11.3. The van der Waals surface area contributed by atoms with E-state index in [2.05, 4.69) is 15.9 Å². The van der Waals surface area contributed by atoms with E-state index < -0.39 is 10.7 Å². The molecule has 1 aliphatic rings. The summed E-state index contributed by atoms with van der Waals surface area (Å²) in [5, 5.41) is 9.26. The molecule has 1 aromatic carbocycles. The van der Waals surface area contributed by atoms with Gasteiger partial charge in [-0.25, -0.2) is 0 Å². The van der Waals surface area contributed by atoms with Crippen LogP contribution in [0.2, 0.25) is 0 Å². The van der Waals surface area contributed by atoms with Crippen LogP contribution in [-0.2, 0) is 4.79 Å². The fourth-order valence-electron chi connectivity index (χ4n) is 1.79. The van der Waals surface area contributed by atoms with E-state index in [9.17, 15) is 9.90 Å². The summed E-state index contributed by atoms with van der Waals surface area (Å²) in [7, 11) is 1.61. The molecule has 0 atom stereocenters. The highest BCUT2D eigenvalue weighted by atomic mass is 79.9. The number of carboxylic acid groups (broad SMARTS) is 1. The Hall–Kier alpha value is -0.680. The van der Waals surface area contributed by atoms with Gasteiger partial charge in [0.2, 0.25) is 0 Å². The van der Waals surface area contributed by atoms with Gasteiger partial charge in [-0.2, -0.15) is 0 Å². The van der Waals surface area contributed by atoms with Crippen LogP contribution in [0, 0.1) is 0 Å². The maximum Gasteiger partial charge on any atom is 0.320 e. The van der Waals surface area contributed by atoms with Crippen LogP contribution in [-0.4, -0.2) is 22.9 Å². The van der Waals surface area contributed by atoms with Crippen molar-refractivity contribution < 1.29 is 14.6 Å². The molecule has 0 bridgehead atoms. The first kappa shape index (κ1) is 12.8. The van der Waals surface area contributed by atoms with E-state index in [1.54, 1.807) is 7.11 Å². The van der Waals surface area contributed by atoms with Gasteiger partial charge in [0, 0.05) is 4.90 Å². The van der Waals surface area contributed by atoms with E-state index in [0.717, 1.165) is 34.4 Å². The summed E-state index contributed by atoms with van der Waals surface area (Å²) in [5.41, 5.74) is 0. The number of carbonyl (C=O) groups is 1. The summed E-state index contributed by atoms with van der Waals surface area (Å²) in [6.45, 7) is 0. The van der Waals surface area contributed by atoms with Crippen LogP contribution in [0.1, 0.15) is 19.3 Å². The van der Waals surface area contributed by atoms with E-state index in [4.69, 9.17) is 4.74 Å². The van der Waals surface area contributed by atoms with E-state index in [1.165, 1.54) is 11.8 Å². The number of halogens is 1. The molecule has 0 unspecified atom stereocenters. The summed E-state index contributed by atoms with van der Waals surface area (Å²) >= 11 is 4.84. The van der Waals surface area contributed by atoms with Crippen LogP contribution >= 0.6 is 27.7 Å². The fraction of sp³-hybridized carbons (Fsp3) is 0.417. The largest absolute Gasteiger partial charge is 0.496 e. The zero-order chi connectivity index (χ0) is 12.5. The van der Waals surface area contributed by atoms with Gasteiger partial charge in [0.25, 0.3) is 0 Å². The van der Waals surface area contributed by atoms with Gasteiger partial charge in [-0.05, 0) is 53.4 Å². The van der Waals surface area contributed by atoms with Crippen molar-refractivity contribution in [2.24, 2.45) is 0 Å². The Morgan fingerprint density at radius 1 is 1.53 bits per heavy atom. The minimum Gasteiger partial charge on any atom is -0.496 e. The second kappa shape index (κ2) is 4.90. The summed E-state index contributed by atoms with van der Waals surface area (Å²) in [4.78, 5) is 12.2. The molecular formula is C12H13BrO3S. The van der Waals surface area contributed by atoms with Crippen LogP contribution in [0.4, 0.5) is 0 Å². The smallest absolute Gasteiger partial charge is 0.320 e. The molecule has 0 amide bonds. The summed E-state index contributed by atoms with van der Waals surface area (Å²) < 4.78 is 5.38. The molecule has 0 aliphatic heterocycles. The van der Waals surface area contributed by atoms with E-state index in [-0.39, 0.29) is 0 Å². The second-order valence-electron chi connectivity index (χ2n) is 4.05. The van der Waals surface area contributed by atoms with Crippen LogP contribution in [0.25, 0.3) is 0 Å². The molecule has 5 heteroatoms. The quantitative estimate of drug-likeness (QED) is 0.922. The van der Waals surface area contributed by atoms with Crippen molar-refractivity contribution >= 4 is 33.7 Å². The van der Waals surface area contributed by atoms with E-state index in [0.29, 0.717) is 0 Å². The molecule has 0 spiro atoms. The van der Waals surface area contributed by atoms with Crippen LogP contribution in [0.3, 0.4) is 0 Å². The first-order chi connectivity index (χ1) is 8.07. The number of benzene rings is 1. The highest BCUT2D eigenvalue weighted by Crippen LogP contribution is 2.48. The lowest BCUT2D eigenvalue weighted by molar-refractivity contribution is -0.142. The van der Waals surface area contributed by atoms with Crippen LogP contribution < -0.4 is 4.74 Å². The van der Waals surface area contributed by atoms with Gasteiger partial charge < -0.3 is 9.84 Å². The summed E-state index contributed by atoms with van der Waals surface area (Å²) in [5.74, 6) is 0.0491. The standard InChI is InChI=1S/C12H13BrO3S/c1-16-10-4-3-8(7-9(10)13)17-12(11(14)15)5-2-6-12/h3-4,7H,2,5-6H2,1H3,(H,14,15). The van der Waals surface area contributed by atoms with E-state index >= 15 is 0 Å². The molecule has 1 N–H and O–H groups in total. The van der Waals surface area contributed by atoms with Gasteiger partial charge in [0.05, 0.1) is 11.6 Å². The Kier molecular flexibility index (Phi) is 3.68. The number of thioether (sulfide) groups is 1. The van der Waals surface area contributed by atoms with Gasteiger partial charge in [-0.15, -0.1) is 11.8 Å². The molecule has 1 aliphatic carbocycles. The van der Waals surface area contributed by atoms with Crippen molar-refractivity contribution in [3.05, 3.63) is 22.7 Å². The highest BCUT2D eigenvalue weighted by molar-refractivity contribution is 9.10. The normalized spacial score (nSPS) is 17.3. The van der Waals surface area contributed by atoms with Gasteiger partial charge >= 0.3 is 5.97 Å². The molecule has 1 fully saturated rings. The molecule has 0 radical (unpaired) electrons. The number of carboxylic acids is 1. The van der Waals surface area contributed by atoms with Gasteiger partial charge in [-0.1, -0.05) is 0 Å². The molecule has 0 heterocycles. The third-order valence-corrected chi connectivity index (χ3v) is 5.07. The molecule has 92 valence electrons. The molecule has 2 rings (SSSR count). The Bertz CT molecular complexity index is 443. The minimum atomic E-state index is -0.708. The van der Waals surface area contributed by atoms with Gasteiger partial charge in [-0.3, -0.25) is 4.79 Å². The lowest BCUT2D eigenvalue weighted by atomic mass is 9.84. The average molecular weight is 317 g/mol. The number of hydrogen-bond acceptors (Lipinski definition) is 3. The molecule has 0 aromatic heterocycles. The molecule has 1 aromatic rings. The third kappa shape index (κ3) is 2.45. The lowest BCUT2D eigenvalue weighted by Gasteiger charge is -2.36. The number of ether oxygens (including phenoxy) is 1. The lowest BCUT2D eigenvalue weighted by Crippen LogP contribution is -2.41. The van der Waals surface area contributed by atoms with Crippen molar-refractivity contribution in [3.63, 3.8) is 0 Å². The number of methoxy groups -OCH3 is 1. The van der Waals surface area contributed by atoms with Gasteiger partial charge in [0.15, 0.2) is 0 Å². The van der Waals surface area contributed by atoms with Crippen LogP contribution in [0.5, 0.6) is 5.75 Å². The molecule has 0 saturated heterocycles. The predicted octanol–water partition coefficient (Wildman–Crippen LogP) is 3.56. The summed E-state index contributed by atoms with van der Waals surface area (Å²) in [6, 6.07) is 5.66. The van der Waals surface area contributed by atoms with E-state index in [1.807, 2.05) is 18.2 Å². The Morgan fingerprint density at radius 2 is 2.24 bits per heavy atom. The second-order valence-corrected chi connectivity index (χ2v) is 6.36. The maximum atomic E-state index is 11.3. The Balaban J connectivity index is 2.18. The molecular weight excluding hydrogens is 304 g/mol. The zero-order valence-corrected chi connectivity index (χ0v) is 11.8. The van der Waals surface area contributed by atoms with Crippen molar-refractivity contribution in [3.8, 4) is 5.75 Å². The predicted molar refractivity (Wildman–Crippen MR) is 70.8 cm³/mol. The van der Waals surface area contributed by atoms with Crippen molar-refractivity contribution in [1.29, 1.82) is 0 Å². The van der Waals surface area contributed by atoms with Crippen molar-refractivity contribution in [2.45, 2.75) is 28.9 Å². The van der Waals surface area contributed by atoms with Gasteiger partial charge in [0.1, 0.15) is 10.5 Å². The minimum absolute atomic E-state index is 0.617. The number of hydrogen-bond donors (Lipinski definition) is 1. The third-order valence-electron chi connectivity index (χ3n) is 2.99. The zero-order valence-electron chi connectivity index (χ0n) is 9.40. The number of rotatable bonds is 4. The first-order valence-corrected chi connectivity index (χ1v) is 6.94. The average Bonchev–Trinajstić information content (AvgIpc) is 2.23. The monoisotopic (exact) mass is 316 g/mol. The summed E-state index contributed by atoms with van der Waals surface area (Å²) in [6.07, 6.45) is 2.49.